The zero-order valence-corrected chi connectivity index (χ0v) is 16.1. The Morgan fingerprint density at radius 1 is 1.40 bits per heavy atom. The summed E-state index contributed by atoms with van der Waals surface area (Å²) in [5, 5.41) is 26.1. The van der Waals surface area contributed by atoms with E-state index < -0.39 is 19.8 Å². The van der Waals surface area contributed by atoms with Gasteiger partial charge in [0.25, 0.3) is 5.89 Å². The third-order valence-electron chi connectivity index (χ3n) is 5.03. The Morgan fingerprint density at radius 2 is 2.30 bits per heavy atom. The lowest BCUT2D eigenvalue weighted by Crippen LogP contribution is -2.22. The average Bonchev–Trinajstić information content (AvgIpc) is 3.47. The van der Waals surface area contributed by atoms with Gasteiger partial charge in [-0.3, -0.25) is 0 Å². The number of nitriles is 1. The third kappa shape index (κ3) is 3.92. The Balaban J connectivity index is 1.61. The van der Waals surface area contributed by atoms with Crippen molar-refractivity contribution in [1.29, 1.82) is 5.26 Å². The van der Waals surface area contributed by atoms with Crippen LogP contribution in [-0.4, -0.2) is 34.5 Å². The maximum Gasteiger partial charge on any atom is 0.258 e. The van der Waals surface area contributed by atoms with Crippen molar-refractivity contribution >= 4 is 0 Å². The van der Waals surface area contributed by atoms with E-state index in [1.54, 1.807) is 0 Å². The molecule has 0 saturated heterocycles. The highest BCUT2D eigenvalue weighted by Gasteiger charge is 2.26. The largest absolute Gasteiger partial charge is 0.490 e. The van der Waals surface area contributed by atoms with E-state index >= 15 is 0 Å². The van der Waals surface area contributed by atoms with Crippen molar-refractivity contribution in [1.82, 2.24) is 15.5 Å². The van der Waals surface area contributed by atoms with Crippen LogP contribution in [0.5, 0.6) is 5.75 Å². The van der Waals surface area contributed by atoms with Crippen LogP contribution in [0.1, 0.15) is 51.1 Å². The van der Waals surface area contributed by atoms with Gasteiger partial charge in [-0.2, -0.15) is 10.2 Å². The highest BCUT2D eigenvalue weighted by molar-refractivity contribution is 5.67. The smallest absolute Gasteiger partial charge is 0.258 e. The van der Waals surface area contributed by atoms with E-state index in [-0.39, 0.29) is 29.9 Å². The molecule has 30 heavy (non-hydrogen) atoms. The topological polar surface area (TPSA) is 104 Å². The maximum atomic E-state index is 9.58. The molecule has 0 spiro atoms. The minimum atomic E-state index is -2.92. The molecule has 0 saturated carbocycles. The molecule has 1 aliphatic carbocycles. The normalized spacial score (nSPS) is 19.0. The van der Waals surface area contributed by atoms with E-state index in [2.05, 4.69) is 15.5 Å². The minimum Gasteiger partial charge on any atom is -0.490 e. The Labute approximate surface area is 183 Å². The number of aliphatic hydroxyl groups is 1. The van der Waals surface area contributed by atoms with Crippen LogP contribution in [0.15, 0.2) is 40.9 Å². The summed E-state index contributed by atoms with van der Waals surface area (Å²) in [5.74, 6) is 0.357. The minimum absolute atomic E-state index is 0.0569. The number of rotatable bonds is 7. The predicted octanol–water partition coefficient (Wildman–Crippen LogP) is 3.63. The summed E-state index contributed by atoms with van der Waals surface area (Å²) >= 11 is 0. The van der Waals surface area contributed by atoms with Gasteiger partial charge >= 0.3 is 0 Å². The molecule has 0 fully saturated rings. The molecule has 2 aromatic carbocycles. The summed E-state index contributed by atoms with van der Waals surface area (Å²) in [5.41, 5.74) is 3.38. The maximum absolute atomic E-state index is 9.58. The number of fused-ring (bicyclic) bond motifs is 1. The lowest BCUT2D eigenvalue weighted by Gasteiger charge is -2.13. The first kappa shape index (κ1) is 13.9. The van der Waals surface area contributed by atoms with Crippen molar-refractivity contribution in [2.45, 2.75) is 38.7 Å². The van der Waals surface area contributed by atoms with Crippen LogP contribution in [0.3, 0.4) is 0 Å². The number of nitrogens with zero attached hydrogens (tertiary/aromatic N) is 3. The first-order chi connectivity index (χ1) is 17.0. The van der Waals surface area contributed by atoms with Crippen LogP contribution in [0.25, 0.3) is 22.8 Å². The summed E-state index contributed by atoms with van der Waals surface area (Å²) < 4.78 is 55.7. The molecule has 0 radical (unpaired) electrons. The third-order valence-corrected chi connectivity index (χ3v) is 5.03. The van der Waals surface area contributed by atoms with E-state index in [4.69, 9.17) is 22.6 Å². The molecule has 154 valence electrons. The van der Waals surface area contributed by atoms with E-state index in [9.17, 15) is 5.26 Å². The molecular formula is C23H24N4O3. The van der Waals surface area contributed by atoms with Crippen LogP contribution in [-0.2, 0) is 6.42 Å². The summed E-state index contributed by atoms with van der Waals surface area (Å²) in [7, 11) is 0. The second-order valence-electron chi connectivity index (χ2n) is 6.89. The van der Waals surface area contributed by atoms with Gasteiger partial charge in [0.1, 0.15) is 11.8 Å². The Hall–Kier alpha value is -3.21. The second-order valence-corrected chi connectivity index (χ2v) is 6.89. The SMILES string of the molecule is [2H]C([2H])([2H])C(Oc1ccc(-c2nc(-c3cccc4c3CC[C@@H]4NCCO)no2)cc1C#N)C([2H])([2H])[2H]. The molecule has 0 unspecified atom stereocenters. The number of aromatic nitrogens is 2. The number of hydrogen-bond donors (Lipinski definition) is 2. The van der Waals surface area contributed by atoms with E-state index in [0.29, 0.717) is 17.9 Å². The van der Waals surface area contributed by atoms with E-state index in [1.807, 2.05) is 24.3 Å². The molecule has 2 N–H and O–H groups in total. The highest BCUT2D eigenvalue weighted by atomic mass is 16.5. The number of hydrogen-bond acceptors (Lipinski definition) is 7. The molecule has 0 bridgehead atoms. The Kier molecular flexibility index (Phi) is 4.01. The summed E-state index contributed by atoms with van der Waals surface area (Å²) in [6.45, 7) is -5.27. The molecular weight excluding hydrogens is 380 g/mol. The van der Waals surface area contributed by atoms with Crippen LogP contribution < -0.4 is 10.1 Å². The van der Waals surface area contributed by atoms with Gasteiger partial charge in [0.15, 0.2) is 0 Å². The van der Waals surface area contributed by atoms with Gasteiger partial charge in [0, 0.05) is 31.9 Å². The molecule has 1 heterocycles. The number of ether oxygens (including phenoxy) is 1. The summed E-state index contributed by atoms with van der Waals surface area (Å²) in [6, 6.07) is 12.1. The monoisotopic (exact) mass is 410 g/mol. The fourth-order valence-electron chi connectivity index (χ4n) is 3.74. The molecule has 0 amide bonds. The first-order valence-corrected chi connectivity index (χ1v) is 9.54. The molecule has 1 aliphatic rings. The molecule has 7 heteroatoms. The molecule has 1 atom stereocenters. The van der Waals surface area contributed by atoms with Gasteiger partial charge in [-0.1, -0.05) is 23.4 Å². The Bertz CT molecular complexity index is 1270. The van der Waals surface area contributed by atoms with Crippen molar-refractivity contribution in [3.8, 4) is 34.7 Å². The van der Waals surface area contributed by atoms with Crippen LogP contribution in [0, 0.1) is 11.3 Å². The quantitative estimate of drug-likeness (QED) is 0.613. The average molecular weight is 411 g/mol. The highest BCUT2D eigenvalue weighted by Crippen LogP contribution is 2.37. The predicted molar refractivity (Wildman–Crippen MR) is 112 cm³/mol. The number of benzene rings is 2. The van der Waals surface area contributed by atoms with Gasteiger partial charge in [0.05, 0.1) is 18.3 Å². The first-order valence-electron chi connectivity index (χ1n) is 12.5. The van der Waals surface area contributed by atoms with Gasteiger partial charge in [0.2, 0.25) is 5.82 Å². The summed E-state index contributed by atoms with van der Waals surface area (Å²) in [4.78, 5) is 4.49. The number of aliphatic hydroxyl groups excluding tert-OH is 1. The van der Waals surface area contributed by atoms with Crippen molar-refractivity contribution in [3.05, 3.63) is 53.1 Å². The van der Waals surface area contributed by atoms with Crippen LogP contribution in [0.2, 0.25) is 0 Å². The number of nitrogens with one attached hydrogen (secondary N) is 1. The molecule has 3 aromatic rings. The summed E-state index contributed by atoms with van der Waals surface area (Å²) in [6.07, 6.45) is -0.386. The zero-order chi connectivity index (χ0) is 26.1. The van der Waals surface area contributed by atoms with E-state index in [0.717, 1.165) is 29.5 Å². The molecule has 1 aromatic heterocycles. The van der Waals surface area contributed by atoms with Crippen LogP contribution in [0.4, 0.5) is 0 Å². The zero-order valence-electron chi connectivity index (χ0n) is 22.1. The van der Waals surface area contributed by atoms with Gasteiger partial charge < -0.3 is 19.7 Å². The van der Waals surface area contributed by atoms with Gasteiger partial charge in [-0.15, -0.1) is 0 Å². The van der Waals surface area contributed by atoms with Crippen molar-refractivity contribution in [2.24, 2.45) is 0 Å². The van der Waals surface area contributed by atoms with Gasteiger partial charge in [-0.05, 0) is 55.9 Å². The molecule has 7 nitrogen and oxygen atoms in total. The van der Waals surface area contributed by atoms with Gasteiger partial charge in [-0.25, -0.2) is 0 Å². The Morgan fingerprint density at radius 3 is 3.10 bits per heavy atom. The molecule has 0 aliphatic heterocycles. The van der Waals surface area contributed by atoms with Crippen LogP contribution >= 0.6 is 0 Å². The standard InChI is InChI=1S/C23H24N4O3/c1-14(2)29-21-9-6-15(12-16(21)13-24)23-26-22(27-30-23)19-5-3-4-18-17(19)7-8-20(18)25-10-11-28/h3-6,9,12,14,20,25,28H,7-8,10-11H2,1-2H3/t20-/m0/s1/i1D3,2D3. The van der Waals surface area contributed by atoms with Crippen molar-refractivity contribution in [3.63, 3.8) is 0 Å². The lowest BCUT2D eigenvalue weighted by atomic mass is 10.0. The van der Waals surface area contributed by atoms with E-state index in [1.165, 1.54) is 18.2 Å². The van der Waals surface area contributed by atoms with Crippen molar-refractivity contribution in [2.75, 3.05) is 13.2 Å². The fourth-order valence-corrected chi connectivity index (χ4v) is 3.74. The molecule has 4 rings (SSSR count). The fraction of sp³-hybridized carbons (Fsp3) is 0.348. The van der Waals surface area contributed by atoms with Crippen molar-refractivity contribution < 1.29 is 22.6 Å². The second kappa shape index (κ2) is 8.66. The lowest BCUT2D eigenvalue weighted by molar-refractivity contribution is 0.241.